The maximum atomic E-state index is 13.6. The van der Waals surface area contributed by atoms with Gasteiger partial charge < -0.3 is 10.0 Å². The normalized spacial score (nSPS) is 21.4. The summed E-state index contributed by atoms with van der Waals surface area (Å²) >= 11 is 0. The van der Waals surface area contributed by atoms with Crippen LogP contribution in [0.5, 0.6) is 0 Å². The van der Waals surface area contributed by atoms with Crippen molar-refractivity contribution in [3.63, 3.8) is 0 Å². The summed E-state index contributed by atoms with van der Waals surface area (Å²) in [4.78, 5) is 2.28. The minimum Gasteiger partial charge on any atom is -0.389 e. The predicted molar refractivity (Wildman–Crippen MR) is 72.4 cm³/mol. The molecule has 2 nitrogen and oxygen atoms in total. The summed E-state index contributed by atoms with van der Waals surface area (Å²) in [5.41, 5.74) is 2.35. The second kappa shape index (κ2) is 5.27. The predicted octanol–water partition coefficient (Wildman–Crippen LogP) is 3.42. The Morgan fingerprint density at radius 2 is 2.22 bits per heavy atom. The third-order valence-corrected chi connectivity index (χ3v) is 3.96. The molecule has 2 unspecified atom stereocenters. The lowest BCUT2D eigenvalue weighted by Gasteiger charge is -2.24. The van der Waals surface area contributed by atoms with Gasteiger partial charge in [-0.3, -0.25) is 0 Å². The summed E-state index contributed by atoms with van der Waals surface area (Å²) in [7, 11) is 0. The molecule has 1 saturated heterocycles. The Bertz CT molecular complexity index is 431. The van der Waals surface area contributed by atoms with Gasteiger partial charge in [0, 0.05) is 24.3 Å². The van der Waals surface area contributed by atoms with Crippen molar-refractivity contribution in [3.8, 4) is 0 Å². The number of anilines is 1. The quantitative estimate of drug-likeness (QED) is 0.889. The largest absolute Gasteiger partial charge is 0.389 e. The van der Waals surface area contributed by atoms with Gasteiger partial charge in [0.1, 0.15) is 5.82 Å². The molecular weight excluding hydrogens is 229 g/mol. The molecule has 1 heterocycles. The zero-order valence-electron chi connectivity index (χ0n) is 11.4. The Morgan fingerprint density at radius 1 is 1.50 bits per heavy atom. The molecule has 100 valence electrons. The first-order chi connectivity index (χ1) is 8.52. The Kier molecular flexibility index (Phi) is 3.91. The maximum Gasteiger partial charge on any atom is 0.126 e. The topological polar surface area (TPSA) is 23.5 Å². The third-order valence-electron chi connectivity index (χ3n) is 3.96. The van der Waals surface area contributed by atoms with Crippen molar-refractivity contribution in [2.75, 3.05) is 18.0 Å². The van der Waals surface area contributed by atoms with Crippen molar-refractivity contribution in [2.45, 2.75) is 39.7 Å². The van der Waals surface area contributed by atoms with E-state index in [4.69, 9.17) is 0 Å². The maximum absolute atomic E-state index is 13.6. The molecule has 1 aromatic carbocycles. The summed E-state index contributed by atoms with van der Waals surface area (Å²) < 4.78 is 13.6. The van der Waals surface area contributed by atoms with Crippen molar-refractivity contribution in [1.29, 1.82) is 0 Å². The van der Waals surface area contributed by atoms with E-state index in [-0.39, 0.29) is 5.82 Å². The van der Waals surface area contributed by atoms with Gasteiger partial charge in [-0.1, -0.05) is 13.3 Å². The number of aryl methyl sites for hydroxylation is 1. The van der Waals surface area contributed by atoms with Crippen LogP contribution < -0.4 is 4.90 Å². The molecule has 1 aliphatic rings. The highest BCUT2D eigenvalue weighted by molar-refractivity contribution is 5.57. The first kappa shape index (κ1) is 13.3. The summed E-state index contributed by atoms with van der Waals surface area (Å²) in [5.74, 6) is 0.484. The molecule has 0 aromatic heterocycles. The average molecular weight is 251 g/mol. The highest BCUT2D eigenvalue weighted by atomic mass is 19.1. The van der Waals surface area contributed by atoms with E-state index in [1.807, 2.05) is 6.07 Å². The fourth-order valence-corrected chi connectivity index (χ4v) is 2.67. The van der Waals surface area contributed by atoms with Gasteiger partial charge >= 0.3 is 0 Å². The van der Waals surface area contributed by atoms with Crippen LogP contribution in [0.4, 0.5) is 10.1 Å². The van der Waals surface area contributed by atoms with Gasteiger partial charge in [-0.25, -0.2) is 4.39 Å². The van der Waals surface area contributed by atoms with Crippen LogP contribution in [0.25, 0.3) is 0 Å². The molecule has 0 amide bonds. The van der Waals surface area contributed by atoms with E-state index in [0.29, 0.717) is 11.1 Å². The fraction of sp³-hybridized carbons (Fsp3) is 0.600. The molecule has 2 atom stereocenters. The average Bonchev–Trinajstić information content (AvgIpc) is 2.80. The molecule has 18 heavy (non-hydrogen) atoms. The number of hydrogen-bond donors (Lipinski definition) is 1. The number of aliphatic hydroxyl groups is 1. The van der Waals surface area contributed by atoms with Crippen LogP contribution in [0.1, 0.15) is 43.9 Å². The molecule has 0 aliphatic carbocycles. The minimum absolute atomic E-state index is 0.235. The van der Waals surface area contributed by atoms with Gasteiger partial charge in [-0.2, -0.15) is 0 Å². The molecular formula is C15H22FNO. The first-order valence-electron chi connectivity index (χ1n) is 6.76. The zero-order chi connectivity index (χ0) is 13.3. The summed E-state index contributed by atoms with van der Waals surface area (Å²) in [6.07, 6.45) is 1.74. The molecule has 0 bridgehead atoms. The Morgan fingerprint density at radius 3 is 2.78 bits per heavy atom. The van der Waals surface area contributed by atoms with E-state index in [1.165, 1.54) is 18.9 Å². The van der Waals surface area contributed by atoms with E-state index >= 15 is 0 Å². The van der Waals surface area contributed by atoms with Gasteiger partial charge in [0.15, 0.2) is 0 Å². The molecule has 0 radical (unpaired) electrons. The van der Waals surface area contributed by atoms with E-state index < -0.39 is 6.10 Å². The molecule has 1 fully saturated rings. The Balaban J connectivity index is 2.34. The molecule has 1 aliphatic heterocycles. The SMILES string of the molecule is CCC1CCN(c2cc(C)c(F)cc2C(C)O)C1. The second-order valence-corrected chi connectivity index (χ2v) is 5.35. The number of benzene rings is 1. The number of nitrogens with zero attached hydrogens (tertiary/aromatic N) is 1. The van der Waals surface area contributed by atoms with Crippen LogP contribution in [0, 0.1) is 18.7 Å². The van der Waals surface area contributed by atoms with Crippen molar-refractivity contribution in [1.82, 2.24) is 0 Å². The van der Waals surface area contributed by atoms with Crippen molar-refractivity contribution < 1.29 is 9.50 Å². The highest BCUT2D eigenvalue weighted by Crippen LogP contribution is 2.33. The number of hydrogen-bond acceptors (Lipinski definition) is 2. The number of rotatable bonds is 3. The van der Waals surface area contributed by atoms with Crippen LogP contribution in [-0.4, -0.2) is 18.2 Å². The van der Waals surface area contributed by atoms with Crippen LogP contribution in [0.3, 0.4) is 0 Å². The Hall–Kier alpha value is -1.09. The van der Waals surface area contributed by atoms with Crippen molar-refractivity contribution >= 4 is 5.69 Å². The summed E-state index contributed by atoms with van der Waals surface area (Å²) in [5, 5.41) is 9.81. The van der Waals surface area contributed by atoms with Crippen molar-refractivity contribution in [2.24, 2.45) is 5.92 Å². The summed E-state index contributed by atoms with van der Waals surface area (Å²) in [6.45, 7) is 7.70. The van der Waals surface area contributed by atoms with E-state index in [9.17, 15) is 9.50 Å². The van der Waals surface area contributed by atoms with Crippen molar-refractivity contribution in [3.05, 3.63) is 29.1 Å². The summed E-state index contributed by atoms with van der Waals surface area (Å²) in [6, 6.07) is 3.35. The van der Waals surface area contributed by atoms with Gasteiger partial charge in [0.25, 0.3) is 0 Å². The zero-order valence-corrected chi connectivity index (χ0v) is 11.4. The second-order valence-electron chi connectivity index (χ2n) is 5.35. The molecule has 3 heteroatoms. The number of halogens is 1. The smallest absolute Gasteiger partial charge is 0.126 e. The van der Waals surface area contributed by atoms with E-state index in [1.54, 1.807) is 13.8 Å². The molecule has 1 N–H and O–H groups in total. The third kappa shape index (κ3) is 2.51. The fourth-order valence-electron chi connectivity index (χ4n) is 2.67. The standard InChI is InChI=1S/C15H22FNO/c1-4-12-5-6-17(9-12)15-7-10(2)14(16)8-13(15)11(3)18/h7-8,11-12,18H,4-6,9H2,1-3H3. The highest BCUT2D eigenvalue weighted by Gasteiger charge is 2.24. The number of aliphatic hydroxyl groups excluding tert-OH is 1. The van der Waals surface area contributed by atoms with Gasteiger partial charge in [0.05, 0.1) is 6.10 Å². The monoisotopic (exact) mass is 251 g/mol. The minimum atomic E-state index is -0.629. The lowest BCUT2D eigenvalue weighted by molar-refractivity contribution is 0.199. The molecule has 1 aromatic rings. The van der Waals surface area contributed by atoms with E-state index in [2.05, 4.69) is 11.8 Å². The molecule has 2 rings (SSSR count). The van der Waals surface area contributed by atoms with Gasteiger partial charge in [-0.15, -0.1) is 0 Å². The van der Waals surface area contributed by atoms with Crippen LogP contribution in [0.2, 0.25) is 0 Å². The lowest BCUT2D eigenvalue weighted by Crippen LogP contribution is -2.22. The van der Waals surface area contributed by atoms with Gasteiger partial charge in [0.2, 0.25) is 0 Å². The van der Waals surface area contributed by atoms with Crippen LogP contribution in [0.15, 0.2) is 12.1 Å². The van der Waals surface area contributed by atoms with Gasteiger partial charge in [-0.05, 0) is 43.9 Å². The molecule has 0 spiro atoms. The van der Waals surface area contributed by atoms with Crippen LogP contribution >= 0.6 is 0 Å². The Labute approximate surface area is 108 Å². The van der Waals surface area contributed by atoms with E-state index in [0.717, 1.165) is 24.7 Å². The lowest BCUT2D eigenvalue weighted by atomic mass is 10.0. The molecule has 0 saturated carbocycles. The van der Waals surface area contributed by atoms with Crippen LogP contribution in [-0.2, 0) is 0 Å². The first-order valence-corrected chi connectivity index (χ1v) is 6.76.